The van der Waals surface area contributed by atoms with Crippen LogP contribution in [0, 0.1) is 29.6 Å². The summed E-state index contributed by atoms with van der Waals surface area (Å²) in [4.78, 5) is 0.506. The van der Waals surface area contributed by atoms with E-state index in [1.165, 1.54) is 29.3 Å². The lowest BCUT2D eigenvalue weighted by Crippen LogP contribution is -2.04. The van der Waals surface area contributed by atoms with Gasteiger partial charge < -0.3 is 4.74 Å². The van der Waals surface area contributed by atoms with E-state index in [1.807, 2.05) is 0 Å². The Morgan fingerprint density at radius 3 is 2.47 bits per heavy atom. The number of methoxy groups -OCH3 is 1. The molecule has 1 nitrogen and oxygen atoms in total. The van der Waals surface area contributed by atoms with Crippen molar-refractivity contribution in [1.82, 2.24) is 0 Å². The van der Waals surface area contributed by atoms with Crippen LogP contribution in [-0.4, -0.2) is 7.11 Å². The van der Waals surface area contributed by atoms with Crippen molar-refractivity contribution in [2.75, 3.05) is 7.11 Å². The summed E-state index contributed by atoms with van der Waals surface area (Å²) in [6.07, 6.45) is 4.51. The van der Waals surface area contributed by atoms with Crippen molar-refractivity contribution >= 4 is 31.9 Å². The Bertz CT molecular complexity index is 499. The first-order valence-corrected chi connectivity index (χ1v) is 8.89. The molecule has 3 aliphatic carbocycles. The fourth-order valence-electron chi connectivity index (χ4n) is 4.85. The van der Waals surface area contributed by atoms with Crippen LogP contribution in [0.15, 0.2) is 22.7 Å². The highest BCUT2D eigenvalue weighted by Gasteiger charge is 2.66. The van der Waals surface area contributed by atoms with Crippen LogP contribution < -0.4 is 4.74 Å². The molecule has 0 amide bonds. The molecule has 3 fully saturated rings. The van der Waals surface area contributed by atoms with E-state index in [0.717, 1.165) is 35.3 Å². The number of benzene rings is 1. The SMILES string of the molecule is COc1ccc(C(Br)C2C3C4CCC(C4)C32)c(Br)c1. The predicted octanol–water partition coefficient (Wildman–Crippen LogP) is 5.19. The first kappa shape index (κ1) is 12.7. The van der Waals surface area contributed by atoms with Crippen LogP contribution in [-0.2, 0) is 0 Å². The van der Waals surface area contributed by atoms with Gasteiger partial charge in [0.15, 0.2) is 0 Å². The Morgan fingerprint density at radius 2 is 1.89 bits per heavy atom. The second-order valence-electron chi connectivity index (χ2n) is 6.35. The maximum absolute atomic E-state index is 5.28. The molecule has 5 atom stereocenters. The van der Waals surface area contributed by atoms with E-state index in [9.17, 15) is 0 Å². The maximum atomic E-state index is 5.28. The molecule has 1 aromatic carbocycles. The second kappa shape index (κ2) is 4.49. The van der Waals surface area contributed by atoms with Gasteiger partial charge in [-0.2, -0.15) is 0 Å². The third-order valence-electron chi connectivity index (χ3n) is 5.64. The Labute approximate surface area is 131 Å². The van der Waals surface area contributed by atoms with Crippen molar-refractivity contribution in [3.63, 3.8) is 0 Å². The fraction of sp³-hybridized carbons (Fsp3) is 0.625. The summed E-state index contributed by atoms with van der Waals surface area (Å²) < 4.78 is 6.45. The van der Waals surface area contributed by atoms with Gasteiger partial charge in [0.2, 0.25) is 0 Å². The molecule has 0 aromatic heterocycles. The molecule has 0 radical (unpaired) electrons. The summed E-state index contributed by atoms with van der Waals surface area (Å²) in [6, 6.07) is 6.36. The van der Waals surface area contributed by atoms with Crippen molar-refractivity contribution in [2.24, 2.45) is 29.6 Å². The first-order chi connectivity index (χ1) is 9.20. The topological polar surface area (TPSA) is 9.23 Å². The maximum Gasteiger partial charge on any atom is 0.120 e. The minimum absolute atomic E-state index is 0.506. The zero-order chi connectivity index (χ0) is 13.1. The molecule has 2 bridgehead atoms. The van der Waals surface area contributed by atoms with Crippen LogP contribution in [0.1, 0.15) is 29.7 Å². The summed E-state index contributed by atoms with van der Waals surface area (Å²) in [7, 11) is 1.72. The molecular weight excluding hydrogens is 368 g/mol. The van der Waals surface area contributed by atoms with Crippen LogP contribution in [0.5, 0.6) is 5.75 Å². The number of hydrogen-bond donors (Lipinski definition) is 0. The number of halogens is 2. The zero-order valence-electron chi connectivity index (χ0n) is 11.0. The third kappa shape index (κ3) is 1.84. The average Bonchev–Trinajstić information content (AvgIpc) is 2.86. The normalized spacial score (nSPS) is 40.1. The number of hydrogen-bond acceptors (Lipinski definition) is 1. The van der Waals surface area contributed by atoms with E-state index in [0.29, 0.717) is 4.83 Å². The van der Waals surface area contributed by atoms with Gasteiger partial charge in [-0.1, -0.05) is 37.9 Å². The molecular formula is C16H18Br2O. The average molecular weight is 386 g/mol. The van der Waals surface area contributed by atoms with Gasteiger partial charge in [0, 0.05) is 9.30 Å². The first-order valence-electron chi connectivity index (χ1n) is 7.18. The minimum Gasteiger partial charge on any atom is -0.497 e. The highest BCUT2D eigenvalue weighted by atomic mass is 79.9. The van der Waals surface area contributed by atoms with Gasteiger partial charge in [-0.05, 0) is 66.5 Å². The molecule has 0 N–H and O–H groups in total. The molecule has 19 heavy (non-hydrogen) atoms. The number of rotatable bonds is 3. The molecule has 0 aliphatic heterocycles. The number of ether oxygens (including phenoxy) is 1. The van der Waals surface area contributed by atoms with Crippen LogP contribution in [0.4, 0.5) is 0 Å². The molecule has 5 unspecified atom stereocenters. The van der Waals surface area contributed by atoms with E-state index in [4.69, 9.17) is 4.74 Å². The molecule has 102 valence electrons. The quantitative estimate of drug-likeness (QED) is 0.651. The lowest BCUT2D eigenvalue weighted by Gasteiger charge is -2.17. The Morgan fingerprint density at radius 1 is 1.21 bits per heavy atom. The molecule has 3 aliphatic rings. The summed E-state index contributed by atoms with van der Waals surface area (Å²) >= 11 is 7.68. The van der Waals surface area contributed by atoms with E-state index >= 15 is 0 Å². The van der Waals surface area contributed by atoms with Crippen molar-refractivity contribution in [2.45, 2.75) is 24.1 Å². The van der Waals surface area contributed by atoms with E-state index < -0.39 is 0 Å². The van der Waals surface area contributed by atoms with E-state index in [-0.39, 0.29) is 0 Å². The van der Waals surface area contributed by atoms with Crippen LogP contribution in [0.25, 0.3) is 0 Å². The van der Waals surface area contributed by atoms with E-state index in [1.54, 1.807) is 7.11 Å². The van der Waals surface area contributed by atoms with E-state index in [2.05, 4.69) is 50.1 Å². The monoisotopic (exact) mass is 384 g/mol. The van der Waals surface area contributed by atoms with Gasteiger partial charge in [-0.3, -0.25) is 0 Å². The summed E-state index contributed by atoms with van der Waals surface area (Å²) in [5.74, 6) is 5.89. The van der Waals surface area contributed by atoms with Crippen LogP contribution in [0.3, 0.4) is 0 Å². The van der Waals surface area contributed by atoms with Crippen molar-refractivity contribution in [3.8, 4) is 5.75 Å². The summed E-state index contributed by atoms with van der Waals surface area (Å²) in [5.41, 5.74) is 1.39. The minimum atomic E-state index is 0.506. The van der Waals surface area contributed by atoms with Crippen molar-refractivity contribution in [1.29, 1.82) is 0 Å². The van der Waals surface area contributed by atoms with Gasteiger partial charge in [0.25, 0.3) is 0 Å². The molecule has 4 rings (SSSR count). The Kier molecular flexibility index (Phi) is 3.00. The van der Waals surface area contributed by atoms with Crippen molar-refractivity contribution in [3.05, 3.63) is 28.2 Å². The smallest absolute Gasteiger partial charge is 0.120 e. The predicted molar refractivity (Wildman–Crippen MR) is 83.7 cm³/mol. The Balaban J connectivity index is 1.57. The van der Waals surface area contributed by atoms with Gasteiger partial charge in [0.05, 0.1) is 7.11 Å². The molecule has 3 saturated carbocycles. The number of alkyl halides is 1. The van der Waals surface area contributed by atoms with Crippen molar-refractivity contribution < 1.29 is 4.74 Å². The lowest BCUT2D eigenvalue weighted by atomic mass is 9.97. The van der Waals surface area contributed by atoms with Gasteiger partial charge in [-0.15, -0.1) is 0 Å². The molecule has 0 saturated heterocycles. The lowest BCUT2D eigenvalue weighted by molar-refractivity contribution is 0.414. The van der Waals surface area contributed by atoms with Gasteiger partial charge in [-0.25, -0.2) is 0 Å². The molecule has 1 aromatic rings. The largest absolute Gasteiger partial charge is 0.497 e. The number of fused-ring (bicyclic) bond motifs is 5. The third-order valence-corrected chi connectivity index (χ3v) is 7.43. The Hall–Kier alpha value is -0.0200. The summed E-state index contributed by atoms with van der Waals surface area (Å²) in [5, 5.41) is 0. The second-order valence-corrected chi connectivity index (χ2v) is 8.20. The fourth-order valence-corrected chi connectivity index (χ4v) is 6.87. The zero-order valence-corrected chi connectivity index (χ0v) is 14.2. The molecule has 3 heteroatoms. The highest BCUT2D eigenvalue weighted by molar-refractivity contribution is 9.11. The summed E-state index contributed by atoms with van der Waals surface area (Å²) in [6.45, 7) is 0. The molecule has 0 spiro atoms. The standard InChI is InChI=1S/C16H18Br2O/c1-19-10-4-5-11(12(17)7-10)16(18)15-13-8-2-3-9(6-8)14(13)15/h4-5,7-9,13-16H,2-3,6H2,1H3. The van der Waals surface area contributed by atoms with Crippen LogP contribution in [0.2, 0.25) is 0 Å². The van der Waals surface area contributed by atoms with Crippen LogP contribution >= 0.6 is 31.9 Å². The molecule has 0 heterocycles. The highest BCUT2D eigenvalue weighted by Crippen LogP contribution is 2.73. The van der Waals surface area contributed by atoms with Gasteiger partial charge in [0.1, 0.15) is 5.75 Å². The van der Waals surface area contributed by atoms with Gasteiger partial charge >= 0.3 is 0 Å².